The molecule has 0 N–H and O–H groups in total. The van der Waals surface area contributed by atoms with Gasteiger partial charge in [-0.2, -0.15) is 0 Å². The molecule has 0 aromatic rings. The van der Waals surface area contributed by atoms with E-state index < -0.39 is 0 Å². The zero-order valence-electron chi connectivity index (χ0n) is 11.4. The van der Waals surface area contributed by atoms with E-state index in [1.165, 1.54) is 25.7 Å². The molecule has 0 aromatic heterocycles. The normalized spacial score (nSPS) is 54.9. The Kier molecular flexibility index (Phi) is 3.20. The van der Waals surface area contributed by atoms with Gasteiger partial charge in [-0.25, -0.2) is 0 Å². The fraction of sp³-hybridized carbons (Fsp3) is 1.00. The maximum Gasteiger partial charge on any atom is 0.161 e. The van der Waals surface area contributed by atoms with Gasteiger partial charge in [0.15, 0.2) is 6.29 Å². The van der Waals surface area contributed by atoms with Crippen molar-refractivity contribution in [3.63, 3.8) is 0 Å². The maximum atomic E-state index is 6.13. The molecule has 4 unspecified atom stereocenters. The monoisotopic (exact) mass is 238 g/mol. The van der Waals surface area contributed by atoms with E-state index in [-0.39, 0.29) is 6.29 Å². The Morgan fingerprint density at radius 1 is 0.824 bits per heavy atom. The summed E-state index contributed by atoms with van der Waals surface area (Å²) in [4.78, 5) is 0. The fourth-order valence-corrected chi connectivity index (χ4v) is 4.44. The molecule has 2 saturated heterocycles. The topological polar surface area (TPSA) is 18.5 Å². The van der Waals surface area contributed by atoms with E-state index in [4.69, 9.17) is 9.47 Å². The first-order valence-corrected chi connectivity index (χ1v) is 7.44. The van der Waals surface area contributed by atoms with Gasteiger partial charge in [-0.15, -0.1) is 0 Å². The van der Waals surface area contributed by atoms with Crippen LogP contribution in [0.3, 0.4) is 0 Å². The predicted molar refractivity (Wildman–Crippen MR) is 67.6 cm³/mol. The number of rotatable bonds is 0. The molecule has 98 valence electrons. The number of hydrogen-bond acceptors (Lipinski definition) is 2. The zero-order valence-corrected chi connectivity index (χ0v) is 11.4. The second-order valence-corrected chi connectivity index (χ2v) is 6.66. The van der Waals surface area contributed by atoms with Crippen molar-refractivity contribution in [1.82, 2.24) is 0 Å². The fourth-order valence-electron chi connectivity index (χ4n) is 4.44. The van der Waals surface area contributed by atoms with Crippen molar-refractivity contribution < 1.29 is 9.47 Å². The minimum Gasteiger partial charge on any atom is -0.352 e. The Morgan fingerprint density at radius 3 is 2.35 bits per heavy atom. The van der Waals surface area contributed by atoms with Gasteiger partial charge >= 0.3 is 0 Å². The minimum atomic E-state index is 0.0986. The summed E-state index contributed by atoms with van der Waals surface area (Å²) >= 11 is 0. The molecule has 0 bridgehead atoms. The SMILES string of the molecule is C[C@@H]1CCC2C3C(OC[C@@H]2C)O[C@@H](C)CCC31. The lowest BCUT2D eigenvalue weighted by molar-refractivity contribution is -0.249. The van der Waals surface area contributed by atoms with E-state index in [1.807, 2.05) is 0 Å². The van der Waals surface area contributed by atoms with Gasteiger partial charge in [0, 0.05) is 5.92 Å². The molecule has 2 heterocycles. The Morgan fingerprint density at radius 2 is 1.53 bits per heavy atom. The van der Waals surface area contributed by atoms with Crippen molar-refractivity contribution in [2.75, 3.05) is 6.61 Å². The van der Waals surface area contributed by atoms with Crippen LogP contribution >= 0.6 is 0 Å². The highest BCUT2D eigenvalue weighted by atomic mass is 16.7. The van der Waals surface area contributed by atoms with Crippen molar-refractivity contribution in [1.29, 1.82) is 0 Å². The van der Waals surface area contributed by atoms with Gasteiger partial charge in [0.05, 0.1) is 12.7 Å². The highest BCUT2D eigenvalue weighted by Crippen LogP contribution is 2.50. The quantitative estimate of drug-likeness (QED) is 0.643. The molecule has 1 aliphatic carbocycles. The molecule has 0 spiro atoms. The summed E-state index contributed by atoms with van der Waals surface area (Å²) in [5.74, 6) is 3.95. The third-order valence-corrected chi connectivity index (χ3v) is 5.52. The van der Waals surface area contributed by atoms with Crippen LogP contribution in [0.15, 0.2) is 0 Å². The molecule has 2 aliphatic heterocycles. The molecule has 0 aromatic carbocycles. The average molecular weight is 238 g/mol. The van der Waals surface area contributed by atoms with E-state index in [0.717, 1.165) is 30.3 Å². The van der Waals surface area contributed by atoms with Gasteiger partial charge in [-0.3, -0.25) is 0 Å². The van der Waals surface area contributed by atoms with E-state index in [1.54, 1.807) is 0 Å². The van der Waals surface area contributed by atoms with Crippen molar-refractivity contribution in [2.45, 2.75) is 58.8 Å². The van der Waals surface area contributed by atoms with Crippen LogP contribution in [0.5, 0.6) is 0 Å². The molecule has 0 amide bonds. The molecule has 3 rings (SSSR count). The van der Waals surface area contributed by atoms with Crippen LogP contribution < -0.4 is 0 Å². The van der Waals surface area contributed by atoms with Gasteiger partial charge in [0.2, 0.25) is 0 Å². The summed E-state index contributed by atoms with van der Waals surface area (Å²) in [7, 11) is 0. The van der Waals surface area contributed by atoms with Crippen molar-refractivity contribution in [3.05, 3.63) is 0 Å². The second kappa shape index (κ2) is 4.55. The highest BCUT2D eigenvalue weighted by molar-refractivity contribution is 4.93. The van der Waals surface area contributed by atoms with E-state index in [9.17, 15) is 0 Å². The summed E-state index contributed by atoms with van der Waals surface area (Å²) in [6, 6.07) is 0. The Labute approximate surface area is 105 Å². The minimum absolute atomic E-state index is 0.0986. The van der Waals surface area contributed by atoms with Crippen LogP contribution in [0.1, 0.15) is 46.5 Å². The van der Waals surface area contributed by atoms with Crippen molar-refractivity contribution in [3.8, 4) is 0 Å². The van der Waals surface area contributed by atoms with Gasteiger partial charge in [0.25, 0.3) is 0 Å². The Hall–Kier alpha value is -0.0800. The molecule has 7 atom stereocenters. The molecule has 3 fully saturated rings. The van der Waals surface area contributed by atoms with Crippen LogP contribution in [-0.4, -0.2) is 19.0 Å². The number of hydrogen-bond donors (Lipinski definition) is 0. The smallest absolute Gasteiger partial charge is 0.161 e. The maximum absolute atomic E-state index is 6.13. The largest absolute Gasteiger partial charge is 0.352 e. The Balaban J connectivity index is 1.88. The molecule has 1 saturated carbocycles. The van der Waals surface area contributed by atoms with Crippen LogP contribution in [0.25, 0.3) is 0 Å². The van der Waals surface area contributed by atoms with Crippen LogP contribution in [0.2, 0.25) is 0 Å². The lowest BCUT2D eigenvalue weighted by Crippen LogP contribution is -2.49. The molecule has 3 aliphatic rings. The van der Waals surface area contributed by atoms with Crippen LogP contribution in [0, 0.1) is 29.6 Å². The first-order chi connectivity index (χ1) is 8.16. The third-order valence-electron chi connectivity index (χ3n) is 5.52. The van der Waals surface area contributed by atoms with E-state index >= 15 is 0 Å². The summed E-state index contributed by atoms with van der Waals surface area (Å²) in [6.45, 7) is 7.91. The van der Waals surface area contributed by atoms with Crippen LogP contribution in [0.4, 0.5) is 0 Å². The molecule has 2 nitrogen and oxygen atoms in total. The first kappa shape index (κ1) is 12.0. The molecular weight excluding hydrogens is 212 g/mol. The third kappa shape index (κ3) is 2.04. The van der Waals surface area contributed by atoms with Crippen molar-refractivity contribution in [2.24, 2.45) is 29.6 Å². The van der Waals surface area contributed by atoms with Crippen LogP contribution in [-0.2, 0) is 9.47 Å². The lowest BCUT2D eigenvalue weighted by atomic mass is 9.61. The van der Waals surface area contributed by atoms with Gasteiger partial charge in [-0.1, -0.05) is 20.3 Å². The first-order valence-electron chi connectivity index (χ1n) is 7.44. The highest BCUT2D eigenvalue weighted by Gasteiger charge is 2.49. The van der Waals surface area contributed by atoms with Gasteiger partial charge in [-0.05, 0) is 49.9 Å². The summed E-state index contributed by atoms with van der Waals surface area (Å²) in [5, 5.41) is 0. The average Bonchev–Trinajstić information content (AvgIpc) is 2.47. The molecule has 17 heavy (non-hydrogen) atoms. The van der Waals surface area contributed by atoms with Gasteiger partial charge in [0.1, 0.15) is 0 Å². The molecular formula is C15H26O2. The summed E-state index contributed by atoms with van der Waals surface area (Å²) in [6.07, 6.45) is 5.84. The summed E-state index contributed by atoms with van der Waals surface area (Å²) < 4.78 is 12.1. The Bertz CT molecular complexity index is 278. The summed E-state index contributed by atoms with van der Waals surface area (Å²) in [5.41, 5.74) is 0. The van der Waals surface area contributed by atoms with Crippen molar-refractivity contribution >= 4 is 0 Å². The second-order valence-electron chi connectivity index (χ2n) is 6.66. The number of ether oxygens (including phenoxy) is 2. The predicted octanol–water partition coefficient (Wildman–Crippen LogP) is 3.46. The molecule has 2 heteroatoms. The zero-order chi connectivity index (χ0) is 12.0. The standard InChI is InChI=1S/C15H26O2/c1-9-4-6-13-10(2)8-16-15-14(13)12(9)7-5-11(3)17-15/h9-15H,4-8H2,1-3H3/t9-,10+,11+,12?,13?,14?,15?/m1/s1. The lowest BCUT2D eigenvalue weighted by Gasteiger charge is -2.49. The molecule has 0 radical (unpaired) electrons. The van der Waals surface area contributed by atoms with E-state index in [2.05, 4.69) is 20.8 Å². The van der Waals surface area contributed by atoms with E-state index in [0.29, 0.717) is 12.0 Å². The van der Waals surface area contributed by atoms with Gasteiger partial charge < -0.3 is 9.47 Å².